The maximum Gasteiger partial charge on any atom is 0.203 e. The maximum absolute atomic E-state index is 5.54. The van der Waals surface area contributed by atoms with E-state index in [4.69, 9.17) is 24.2 Å². The molecule has 1 fully saturated rings. The quantitative estimate of drug-likeness (QED) is 0.433. The molecule has 1 aromatic heterocycles. The molecule has 1 aliphatic rings. The standard InChI is InChI=1S/C27H36N2O3/c1-8-20(18(3)27(4)13-11-10-12-14-27)25-21(9-2)28-17-22(29-25)19-15-23(30-5)26(32-7)24(16-19)31-6/h8,15-17H,3,9-14H2,1-2,4-7H3/b20-8-. The highest BCUT2D eigenvalue weighted by Crippen LogP contribution is 2.47. The first kappa shape index (κ1) is 23.8. The average Bonchev–Trinajstić information content (AvgIpc) is 2.83. The fraction of sp³-hybridized carbons (Fsp3) is 0.481. The number of aryl methyl sites for hydroxylation is 1. The lowest BCUT2D eigenvalue weighted by Crippen LogP contribution is -2.23. The minimum absolute atomic E-state index is 0.106. The summed E-state index contributed by atoms with van der Waals surface area (Å²) in [7, 11) is 4.83. The second kappa shape index (κ2) is 10.2. The van der Waals surface area contributed by atoms with Crippen molar-refractivity contribution in [1.82, 2.24) is 9.97 Å². The van der Waals surface area contributed by atoms with Crippen LogP contribution < -0.4 is 14.2 Å². The van der Waals surface area contributed by atoms with Crippen LogP contribution in [0, 0.1) is 5.41 Å². The van der Waals surface area contributed by atoms with Crippen molar-refractivity contribution >= 4 is 5.57 Å². The molecule has 1 aliphatic carbocycles. The number of ether oxygens (including phenoxy) is 3. The molecule has 3 rings (SSSR count). The van der Waals surface area contributed by atoms with Gasteiger partial charge in [-0.2, -0.15) is 0 Å². The van der Waals surface area contributed by atoms with Gasteiger partial charge in [-0.25, -0.2) is 4.98 Å². The van der Waals surface area contributed by atoms with Crippen molar-refractivity contribution in [2.75, 3.05) is 21.3 Å². The molecule has 0 saturated heterocycles. The highest BCUT2D eigenvalue weighted by Gasteiger charge is 2.32. The number of allylic oxidation sites excluding steroid dienone is 3. The lowest BCUT2D eigenvalue weighted by Gasteiger charge is -2.36. The first-order valence-electron chi connectivity index (χ1n) is 11.4. The Labute approximate surface area is 192 Å². The Morgan fingerprint density at radius 1 is 1.06 bits per heavy atom. The van der Waals surface area contributed by atoms with Gasteiger partial charge >= 0.3 is 0 Å². The number of aromatic nitrogens is 2. The van der Waals surface area contributed by atoms with Crippen LogP contribution in [0.3, 0.4) is 0 Å². The summed E-state index contributed by atoms with van der Waals surface area (Å²) in [6, 6.07) is 3.82. The fourth-order valence-electron chi connectivity index (χ4n) is 4.67. The van der Waals surface area contributed by atoms with Crippen LogP contribution in [0.1, 0.15) is 64.3 Å². The Kier molecular flexibility index (Phi) is 7.60. The number of nitrogens with zero attached hydrogens (tertiary/aromatic N) is 2. The van der Waals surface area contributed by atoms with Gasteiger partial charge in [0.15, 0.2) is 11.5 Å². The zero-order valence-electron chi connectivity index (χ0n) is 20.4. The summed E-state index contributed by atoms with van der Waals surface area (Å²) in [4.78, 5) is 9.88. The molecule has 0 spiro atoms. The SMILES string of the molecule is C=C(/C(=C/C)c1nc(-c2cc(OC)c(OC)c(OC)c2)cnc1CC)C1(C)CCCCC1. The lowest BCUT2D eigenvalue weighted by molar-refractivity contribution is 0.275. The van der Waals surface area contributed by atoms with E-state index in [1.165, 1.54) is 37.7 Å². The summed E-state index contributed by atoms with van der Waals surface area (Å²) in [6.45, 7) is 11.1. The topological polar surface area (TPSA) is 53.5 Å². The second-order valence-electron chi connectivity index (χ2n) is 8.62. The van der Waals surface area contributed by atoms with E-state index in [0.29, 0.717) is 17.2 Å². The molecule has 0 atom stereocenters. The van der Waals surface area contributed by atoms with E-state index >= 15 is 0 Å². The second-order valence-corrected chi connectivity index (χ2v) is 8.62. The van der Waals surface area contributed by atoms with Crippen LogP contribution in [0.25, 0.3) is 16.8 Å². The van der Waals surface area contributed by atoms with Crippen molar-refractivity contribution in [1.29, 1.82) is 0 Å². The minimum atomic E-state index is 0.106. The first-order chi connectivity index (χ1) is 15.4. The van der Waals surface area contributed by atoms with Crippen molar-refractivity contribution in [3.05, 3.63) is 47.9 Å². The monoisotopic (exact) mass is 436 g/mol. The molecule has 0 amide bonds. The normalized spacial score (nSPS) is 15.9. The van der Waals surface area contributed by atoms with E-state index in [-0.39, 0.29) is 5.41 Å². The molecule has 1 heterocycles. The molecule has 2 aromatic rings. The summed E-state index contributed by atoms with van der Waals surface area (Å²) in [5.74, 6) is 1.75. The van der Waals surface area contributed by atoms with Crippen molar-refractivity contribution < 1.29 is 14.2 Å². The van der Waals surface area contributed by atoms with Gasteiger partial charge in [0, 0.05) is 11.1 Å². The molecule has 1 saturated carbocycles. The summed E-state index contributed by atoms with van der Waals surface area (Å²) in [6.07, 6.45) is 10.9. The lowest BCUT2D eigenvalue weighted by atomic mass is 9.68. The highest BCUT2D eigenvalue weighted by atomic mass is 16.5. The summed E-state index contributed by atoms with van der Waals surface area (Å²) < 4.78 is 16.5. The molecule has 0 unspecified atom stereocenters. The van der Waals surface area contributed by atoms with Crippen LogP contribution in [-0.2, 0) is 6.42 Å². The first-order valence-corrected chi connectivity index (χ1v) is 11.4. The van der Waals surface area contributed by atoms with E-state index in [9.17, 15) is 0 Å². The number of rotatable bonds is 8. The molecule has 1 aromatic carbocycles. The molecule has 0 aliphatic heterocycles. The molecule has 5 nitrogen and oxygen atoms in total. The summed E-state index contributed by atoms with van der Waals surface area (Å²) in [5, 5.41) is 0. The molecule has 172 valence electrons. The Morgan fingerprint density at radius 3 is 2.19 bits per heavy atom. The van der Waals surface area contributed by atoms with Gasteiger partial charge < -0.3 is 14.2 Å². The molecule has 0 radical (unpaired) electrons. The number of benzene rings is 1. The molecule has 32 heavy (non-hydrogen) atoms. The molecule has 0 N–H and O–H groups in total. The minimum Gasteiger partial charge on any atom is -0.493 e. The summed E-state index contributed by atoms with van der Waals surface area (Å²) >= 11 is 0. The predicted molar refractivity (Wildman–Crippen MR) is 130 cm³/mol. The van der Waals surface area contributed by atoms with Crippen molar-refractivity contribution in [3.63, 3.8) is 0 Å². The number of methoxy groups -OCH3 is 3. The molecular formula is C27H36N2O3. The third-order valence-electron chi connectivity index (χ3n) is 6.70. The Morgan fingerprint density at radius 2 is 1.69 bits per heavy atom. The van der Waals surface area contributed by atoms with E-state index in [0.717, 1.165) is 34.6 Å². The number of hydrogen-bond donors (Lipinski definition) is 0. The zero-order valence-corrected chi connectivity index (χ0v) is 20.4. The van der Waals surface area contributed by atoms with Gasteiger partial charge in [0.1, 0.15) is 0 Å². The number of hydrogen-bond acceptors (Lipinski definition) is 5. The van der Waals surface area contributed by atoms with Gasteiger partial charge in [-0.1, -0.05) is 45.8 Å². The fourth-order valence-corrected chi connectivity index (χ4v) is 4.67. The predicted octanol–water partition coefficient (Wildman–Crippen LogP) is 6.66. The zero-order chi connectivity index (χ0) is 23.3. The molecular weight excluding hydrogens is 400 g/mol. The van der Waals surface area contributed by atoms with Crippen molar-refractivity contribution in [2.45, 2.75) is 59.3 Å². The third-order valence-corrected chi connectivity index (χ3v) is 6.70. The van der Waals surface area contributed by atoms with Crippen molar-refractivity contribution in [2.24, 2.45) is 5.41 Å². The van der Waals surface area contributed by atoms with Crippen LogP contribution in [0.4, 0.5) is 0 Å². The van der Waals surface area contributed by atoms with Gasteiger partial charge in [-0.15, -0.1) is 0 Å². The van der Waals surface area contributed by atoms with Crippen molar-refractivity contribution in [3.8, 4) is 28.5 Å². The Bertz CT molecular complexity index is 979. The maximum atomic E-state index is 5.54. The van der Waals surface area contributed by atoms with Gasteiger partial charge in [0.2, 0.25) is 5.75 Å². The molecule has 5 heteroatoms. The van der Waals surface area contributed by atoms with Gasteiger partial charge in [0.25, 0.3) is 0 Å². The van der Waals surface area contributed by atoms with E-state index < -0.39 is 0 Å². The van der Waals surface area contributed by atoms with E-state index in [2.05, 4.69) is 33.4 Å². The van der Waals surface area contributed by atoms with Crippen LogP contribution in [0.5, 0.6) is 17.2 Å². The van der Waals surface area contributed by atoms with Crippen LogP contribution >= 0.6 is 0 Å². The Balaban J connectivity index is 2.10. The average molecular weight is 437 g/mol. The largest absolute Gasteiger partial charge is 0.493 e. The smallest absolute Gasteiger partial charge is 0.203 e. The highest BCUT2D eigenvalue weighted by molar-refractivity contribution is 5.80. The summed E-state index contributed by atoms with van der Waals surface area (Å²) in [5.41, 5.74) is 5.90. The Hall–Kier alpha value is -2.82. The van der Waals surface area contributed by atoms with E-state index in [1.807, 2.05) is 18.3 Å². The third kappa shape index (κ3) is 4.52. The van der Waals surface area contributed by atoms with Crippen LogP contribution in [0.2, 0.25) is 0 Å². The van der Waals surface area contributed by atoms with E-state index in [1.54, 1.807) is 21.3 Å². The van der Waals surface area contributed by atoms with Crippen LogP contribution in [-0.4, -0.2) is 31.3 Å². The van der Waals surface area contributed by atoms with Gasteiger partial charge in [0.05, 0.1) is 44.6 Å². The van der Waals surface area contributed by atoms with Gasteiger partial charge in [-0.3, -0.25) is 4.98 Å². The molecule has 0 bridgehead atoms. The van der Waals surface area contributed by atoms with Gasteiger partial charge in [-0.05, 0) is 49.3 Å². The van der Waals surface area contributed by atoms with Crippen LogP contribution in [0.15, 0.2) is 36.6 Å².